The molecule has 0 unspecified atom stereocenters. The maximum Gasteiger partial charge on any atom is 0.282 e. The van der Waals surface area contributed by atoms with Gasteiger partial charge in [-0.3, -0.25) is 9.59 Å². The smallest absolute Gasteiger partial charge is 0.282 e. The van der Waals surface area contributed by atoms with Gasteiger partial charge in [0, 0.05) is 33.8 Å². The zero-order valence-corrected chi connectivity index (χ0v) is 19.8. The van der Waals surface area contributed by atoms with E-state index in [1.165, 1.54) is 13.1 Å². The summed E-state index contributed by atoms with van der Waals surface area (Å²) in [6.45, 7) is 4.90. The number of rotatable bonds is 6. The largest absolute Gasteiger partial charge is 0.331 e. The standard InChI is InChI=1S/C25H24FN3O4S/c1-4-34(32,33)28-25(31)23-21(18-9-6-12-27-24(18)30)19-13-15(2)10-11-20(19)29(23)14-17-8-5-7-16(3)22(17)26/h5-13H,4,14H2,1-3H3,(H,27,30)(H,28,31). The molecule has 1 amide bonds. The van der Waals surface area contributed by atoms with Crippen molar-refractivity contribution in [3.05, 3.63) is 93.3 Å². The van der Waals surface area contributed by atoms with Gasteiger partial charge in [0.25, 0.3) is 11.5 Å². The number of hydrogen-bond acceptors (Lipinski definition) is 4. The molecule has 9 heteroatoms. The fraction of sp³-hybridized carbons (Fsp3) is 0.200. The molecule has 4 rings (SSSR count). The summed E-state index contributed by atoms with van der Waals surface area (Å²) >= 11 is 0. The van der Waals surface area contributed by atoms with E-state index in [2.05, 4.69) is 9.71 Å². The van der Waals surface area contributed by atoms with E-state index in [1.54, 1.807) is 47.9 Å². The molecule has 2 aromatic carbocycles. The lowest BCUT2D eigenvalue weighted by Gasteiger charge is -2.14. The van der Waals surface area contributed by atoms with Crippen molar-refractivity contribution in [2.24, 2.45) is 0 Å². The van der Waals surface area contributed by atoms with Crippen molar-refractivity contribution in [1.29, 1.82) is 0 Å². The number of sulfonamides is 1. The van der Waals surface area contributed by atoms with Crippen LogP contribution < -0.4 is 10.3 Å². The molecule has 0 radical (unpaired) electrons. The van der Waals surface area contributed by atoms with Gasteiger partial charge in [0.15, 0.2) is 0 Å². The van der Waals surface area contributed by atoms with E-state index >= 15 is 0 Å². The summed E-state index contributed by atoms with van der Waals surface area (Å²) in [5.41, 5.74) is 2.27. The number of benzene rings is 2. The first-order chi connectivity index (χ1) is 16.1. The molecule has 7 nitrogen and oxygen atoms in total. The second-order valence-electron chi connectivity index (χ2n) is 8.13. The number of aromatic nitrogens is 2. The molecule has 0 fully saturated rings. The number of fused-ring (bicyclic) bond motifs is 1. The minimum absolute atomic E-state index is 0.0322. The monoisotopic (exact) mass is 481 g/mol. The highest BCUT2D eigenvalue weighted by atomic mass is 32.2. The molecule has 2 N–H and O–H groups in total. The zero-order chi connectivity index (χ0) is 24.6. The highest BCUT2D eigenvalue weighted by Gasteiger charge is 2.28. The van der Waals surface area contributed by atoms with Gasteiger partial charge in [-0.1, -0.05) is 29.8 Å². The van der Waals surface area contributed by atoms with Crippen LogP contribution in [0.1, 0.15) is 34.1 Å². The Labute approximate surface area is 196 Å². The Balaban J connectivity index is 2.09. The number of nitrogens with zero attached hydrogens (tertiary/aromatic N) is 1. The molecule has 2 heterocycles. The number of aromatic amines is 1. The number of carbonyl (C=O) groups excluding carboxylic acids is 1. The Morgan fingerprint density at radius 2 is 1.88 bits per heavy atom. The van der Waals surface area contributed by atoms with E-state index in [-0.39, 0.29) is 29.1 Å². The van der Waals surface area contributed by atoms with Crippen molar-refractivity contribution in [3.8, 4) is 11.1 Å². The Bertz CT molecular complexity index is 1590. The Hall–Kier alpha value is -3.72. The van der Waals surface area contributed by atoms with Crippen LogP contribution in [0.2, 0.25) is 0 Å². The van der Waals surface area contributed by atoms with Crippen LogP contribution in [-0.2, 0) is 16.6 Å². The lowest BCUT2D eigenvalue weighted by atomic mass is 10.0. The minimum Gasteiger partial charge on any atom is -0.331 e. The van der Waals surface area contributed by atoms with Gasteiger partial charge in [0.05, 0.1) is 12.3 Å². The maximum atomic E-state index is 14.9. The Morgan fingerprint density at radius 1 is 1.12 bits per heavy atom. The van der Waals surface area contributed by atoms with Crippen LogP contribution in [0.3, 0.4) is 0 Å². The summed E-state index contributed by atoms with van der Waals surface area (Å²) in [7, 11) is -3.90. The van der Waals surface area contributed by atoms with Gasteiger partial charge in [-0.05, 0) is 50.6 Å². The van der Waals surface area contributed by atoms with Crippen LogP contribution in [0.15, 0.2) is 59.5 Å². The first-order valence-corrected chi connectivity index (χ1v) is 12.4. The van der Waals surface area contributed by atoms with Crippen LogP contribution >= 0.6 is 0 Å². The second-order valence-corrected chi connectivity index (χ2v) is 10.1. The molecule has 34 heavy (non-hydrogen) atoms. The van der Waals surface area contributed by atoms with Crippen LogP contribution in [0, 0.1) is 19.7 Å². The molecule has 2 aromatic heterocycles. The molecule has 0 aliphatic heterocycles. The highest BCUT2D eigenvalue weighted by molar-refractivity contribution is 7.90. The molecule has 0 aliphatic carbocycles. The predicted molar refractivity (Wildman–Crippen MR) is 130 cm³/mol. The van der Waals surface area contributed by atoms with Gasteiger partial charge >= 0.3 is 0 Å². The topological polar surface area (TPSA) is 101 Å². The molecule has 4 aromatic rings. The van der Waals surface area contributed by atoms with E-state index < -0.39 is 27.3 Å². The minimum atomic E-state index is -3.90. The van der Waals surface area contributed by atoms with Crippen molar-refractivity contribution in [2.45, 2.75) is 27.3 Å². The number of amides is 1. The molecule has 0 atom stereocenters. The van der Waals surface area contributed by atoms with Crippen molar-refractivity contribution in [1.82, 2.24) is 14.3 Å². The third-order valence-electron chi connectivity index (χ3n) is 5.75. The number of pyridine rings is 1. The second kappa shape index (κ2) is 8.90. The van der Waals surface area contributed by atoms with Crippen molar-refractivity contribution < 1.29 is 17.6 Å². The van der Waals surface area contributed by atoms with E-state index in [1.807, 2.05) is 19.1 Å². The van der Waals surface area contributed by atoms with Gasteiger partial charge in [-0.2, -0.15) is 0 Å². The molecule has 0 saturated heterocycles. The lowest BCUT2D eigenvalue weighted by Crippen LogP contribution is -2.33. The SMILES string of the molecule is CCS(=O)(=O)NC(=O)c1c(-c2ccc[nH]c2=O)c2cc(C)ccc2n1Cc1cccc(C)c1F. The van der Waals surface area contributed by atoms with Crippen molar-refractivity contribution in [3.63, 3.8) is 0 Å². The first-order valence-electron chi connectivity index (χ1n) is 10.7. The van der Waals surface area contributed by atoms with E-state index in [4.69, 9.17) is 0 Å². The van der Waals surface area contributed by atoms with Gasteiger partial charge < -0.3 is 9.55 Å². The summed E-state index contributed by atoms with van der Waals surface area (Å²) in [5.74, 6) is -1.60. The van der Waals surface area contributed by atoms with Gasteiger partial charge in [-0.15, -0.1) is 0 Å². The molecule has 0 aliphatic rings. The normalized spacial score (nSPS) is 11.6. The number of halogens is 1. The maximum absolute atomic E-state index is 14.9. The predicted octanol–water partition coefficient (Wildman–Crippen LogP) is 3.88. The number of nitrogens with one attached hydrogen (secondary N) is 2. The Morgan fingerprint density at radius 3 is 2.59 bits per heavy atom. The molecular weight excluding hydrogens is 457 g/mol. The number of hydrogen-bond donors (Lipinski definition) is 2. The van der Waals surface area contributed by atoms with E-state index in [9.17, 15) is 22.4 Å². The number of H-pyrrole nitrogens is 1. The molecule has 0 spiro atoms. The quantitative estimate of drug-likeness (QED) is 0.436. The summed E-state index contributed by atoms with van der Waals surface area (Å²) < 4.78 is 43.1. The van der Waals surface area contributed by atoms with Gasteiger partial charge in [0.2, 0.25) is 10.0 Å². The molecule has 0 bridgehead atoms. The Kier molecular flexibility index (Phi) is 6.14. The first kappa shape index (κ1) is 23.4. The number of aryl methyl sites for hydroxylation is 2. The zero-order valence-electron chi connectivity index (χ0n) is 19.0. The van der Waals surface area contributed by atoms with Crippen LogP contribution in [-0.4, -0.2) is 29.6 Å². The van der Waals surface area contributed by atoms with E-state index in [0.29, 0.717) is 22.0 Å². The van der Waals surface area contributed by atoms with E-state index in [0.717, 1.165) is 5.56 Å². The molecule has 176 valence electrons. The molecule has 0 saturated carbocycles. The van der Waals surface area contributed by atoms with Crippen molar-refractivity contribution in [2.75, 3.05) is 5.75 Å². The van der Waals surface area contributed by atoms with Crippen LogP contribution in [0.25, 0.3) is 22.0 Å². The third-order valence-corrected chi connectivity index (χ3v) is 7.01. The fourth-order valence-corrected chi connectivity index (χ4v) is 4.55. The highest BCUT2D eigenvalue weighted by Crippen LogP contribution is 2.35. The summed E-state index contributed by atoms with van der Waals surface area (Å²) in [5, 5.41) is 0.587. The van der Waals surface area contributed by atoms with Crippen LogP contribution in [0.4, 0.5) is 4.39 Å². The lowest BCUT2D eigenvalue weighted by molar-refractivity contribution is 0.0974. The third kappa shape index (κ3) is 4.26. The summed E-state index contributed by atoms with van der Waals surface area (Å²) in [4.78, 5) is 28.8. The summed E-state index contributed by atoms with van der Waals surface area (Å²) in [6, 6.07) is 13.6. The number of carbonyl (C=O) groups is 1. The van der Waals surface area contributed by atoms with Gasteiger partial charge in [-0.25, -0.2) is 17.5 Å². The average Bonchev–Trinajstić information content (AvgIpc) is 3.10. The van der Waals surface area contributed by atoms with Gasteiger partial charge in [0.1, 0.15) is 11.5 Å². The average molecular weight is 482 g/mol. The summed E-state index contributed by atoms with van der Waals surface area (Å²) in [6.07, 6.45) is 1.47. The fourth-order valence-electron chi connectivity index (χ4n) is 4.02. The molecular formula is C25H24FN3O4S. The van der Waals surface area contributed by atoms with Crippen LogP contribution in [0.5, 0.6) is 0 Å². The van der Waals surface area contributed by atoms with Crippen molar-refractivity contribution >= 4 is 26.8 Å².